The maximum Gasteiger partial charge on any atom is 0.417 e. The molecule has 154 valence electrons. The zero-order valence-electron chi connectivity index (χ0n) is 15.7. The Morgan fingerprint density at radius 1 is 1.23 bits per heavy atom. The number of fused-ring (bicyclic) bond motifs is 1. The molecule has 1 saturated heterocycles. The lowest BCUT2D eigenvalue weighted by Gasteiger charge is -2.16. The summed E-state index contributed by atoms with van der Waals surface area (Å²) in [7, 11) is 0. The van der Waals surface area contributed by atoms with Gasteiger partial charge >= 0.3 is 6.18 Å². The van der Waals surface area contributed by atoms with E-state index >= 15 is 0 Å². The van der Waals surface area contributed by atoms with Crippen molar-refractivity contribution in [3.05, 3.63) is 54.9 Å². The van der Waals surface area contributed by atoms with Crippen LogP contribution in [0.1, 0.15) is 12.0 Å². The zero-order chi connectivity index (χ0) is 21.3. The van der Waals surface area contributed by atoms with Crippen molar-refractivity contribution in [3.63, 3.8) is 0 Å². The topological polar surface area (TPSA) is 83.9 Å². The highest BCUT2D eigenvalue weighted by atomic mass is 19.4. The van der Waals surface area contributed by atoms with E-state index in [1.54, 1.807) is 23.2 Å². The maximum atomic E-state index is 12.8. The van der Waals surface area contributed by atoms with Crippen LogP contribution in [0.3, 0.4) is 0 Å². The van der Waals surface area contributed by atoms with Gasteiger partial charge in [-0.2, -0.15) is 13.2 Å². The number of carbonyl (C=O) groups excluding carboxylic acids is 1. The van der Waals surface area contributed by atoms with E-state index in [4.69, 9.17) is 0 Å². The molecule has 4 heterocycles. The second kappa shape index (κ2) is 7.69. The summed E-state index contributed by atoms with van der Waals surface area (Å²) in [4.78, 5) is 21.7. The minimum atomic E-state index is -4.46. The van der Waals surface area contributed by atoms with E-state index < -0.39 is 11.7 Å². The molecule has 3 aromatic rings. The average Bonchev–Trinajstić information content (AvgIpc) is 3.21. The summed E-state index contributed by atoms with van der Waals surface area (Å²) < 4.78 is 38.4. The number of likely N-dealkylation sites (tertiary alicyclic amines) is 1. The molecule has 0 saturated carbocycles. The Labute approximate surface area is 169 Å². The minimum Gasteiger partial charge on any atom is -0.362 e. The number of halogens is 3. The molecule has 1 aliphatic heterocycles. The van der Waals surface area contributed by atoms with Crippen molar-refractivity contribution in [1.29, 1.82) is 0 Å². The number of alkyl halides is 3. The van der Waals surface area contributed by atoms with E-state index in [1.165, 1.54) is 12.1 Å². The van der Waals surface area contributed by atoms with Gasteiger partial charge in [-0.25, -0.2) is 0 Å². The van der Waals surface area contributed by atoms with E-state index in [9.17, 15) is 18.0 Å². The quantitative estimate of drug-likeness (QED) is 0.660. The van der Waals surface area contributed by atoms with Gasteiger partial charge in [0.1, 0.15) is 11.2 Å². The van der Waals surface area contributed by atoms with E-state index in [0.717, 1.165) is 18.7 Å². The number of hydrogen-bond acceptors (Lipinski definition) is 6. The third kappa shape index (κ3) is 3.80. The number of amides is 1. The Balaban J connectivity index is 1.64. The Morgan fingerprint density at radius 2 is 2.07 bits per heavy atom. The van der Waals surface area contributed by atoms with Crippen molar-refractivity contribution in [2.24, 2.45) is 0 Å². The molecule has 4 rings (SSSR count). The Hall–Kier alpha value is -3.56. The van der Waals surface area contributed by atoms with Gasteiger partial charge in [-0.15, -0.1) is 10.2 Å². The molecule has 10 heteroatoms. The van der Waals surface area contributed by atoms with Crippen LogP contribution in [-0.2, 0) is 11.0 Å². The Morgan fingerprint density at radius 3 is 2.77 bits per heavy atom. The minimum absolute atomic E-state index is 0.0246. The van der Waals surface area contributed by atoms with Gasteiger partial charge in [0.25, 0.3) is 0 Å². The standard InChI is InChI=1S/C20H17F3N6O/c1-2-16(30)29-9-7-13(11-29)26-19-18-14(4-3-8-24-18)17(27-28-19)15-6-5-12(10-25-15)20(21,22)23/h2-6,8,10,13H,1,7,9,11H2,(H,26,28). The van der Waals surface area contributed by atoms with Gasteiger partial charge in [-0.1, -0.05) is 6.58 Å². The van der Waals surface area contributed by atoms with Crippen LogP contribution >= 0.6 is 0 Å². The number of aromatic nitrogens is 4. The predicted molar refractivity (Wildman–Crippen MR) is 104 cm³/mol. The number of nitrogens with zero attached hydrogens (tertiary/aromatic N) is 5. The summed E-state index contributed by atoms with van der Waals surface area (Å²) in [6, 6.07) is 5.67. The molecule has 0 aliphatic carbocycles. The van der Waals surface area contributed by atoms with Crippen LogP contribution in [0.25, 0.3) is 22.3 Å². The molecule has 7 nitrogen and oxygen atoms in total. The maximum absolute atomic E-state index is 12.8. The van der Waals surface area contributed by atoms with Gasteiger partial charge in [0, 0.05) is 36.9 Å². The van der Waals surface area contributed by atoms with Crippen molar-refractivity contribution >= 4 is 22.6 Å². The fourth-order valence-electron chi connectivity index (χ4n) is 3.38. The largest absolute Gasteiger partial charge is 0.417 e. The van der Waals surface area contributed by atoms with Gasteiger partial charge in [0.2, 0.25) is 5.91 Å². The van der Waals surface area contributed by atoms with Crippen LogP contribution in [0, 0.1) is 0 Å². The van der Waals surface area contributed by atoms with E-state index in [-0.39, 0.29) is 17.6 Å². The van der Waals surface area contributed by atoms with E-state index in [1.807, 2.05) is 0 Å². The lowest BCUT2D eigenvalue weighted by molar-refractivity contribution is -0.137. The number of hydrogen-bond donors (Lipinski definition) is 1. The Kier molecular flexibility index (Phi) is 5.06. The molecule has 0 radical (unpaired) electrons. The van der Waals surface area contributed by atoms with Crippen LogP contribution in [0.4, 0.5) is 19.0 Å². The molecule has 0 bridgehead atoms. The normalized spacial score (nSPS) is 16.6. The molecular formula is C20H17F3N6O. The molecule has 1 fully saturated rings. The second-order valence-corrected chi connectivity index (χ2v) is 6.84. The SMILES string of the molecule is C=CC(=O)N1CCC(Nc2nnc(-c3ccc(C(F)(F)F)cn3)c3cccnc23)C1. The number of nitrogens with one attached hydrogen (secondary N) is 1. The zero-order valence-corrected chi connectivity index (χ0v) is 15.7. The highest BCUT2D eigenvalue weighted by Crippen LogP contribution is 2.32. The third-order valence-corrected chi connectivity index (χ3v) is 4.89. The van der Waals surface area contributed by atoms with Crippen LogP contribution in [0.2, 0.25) is 0 Å². The van der Waals surface area contributed by atoms with Crippen molar-refractivity contribution in [3.8, 4) is 11.4 Å². The fraction of sp³-hybridized carbons (Fsp3) is 0.250. The molecule has 1 amide bonds. The molecule has 1 aliphatic rings. The molecule has 30 heavy (non-hydrogen) atoms. The van der Waals surface area contributed by atoms with Crippen molar-refractivity contribution in [2.45, 2.75) is 18.6 Å². The second-order valence-electron chi connectivity index (χ2n) is 6.84. The molecule has 0 aromatic carbocycles. The highest BCUT2D eigenvalue weighted by Gasteiger charge is 2.31. The molecule has 1 N–H and O–H groups in total. The van der Waals surface area contributed by atoms with Crippen LogP contribution < -0.4 is 5.32 Å². The summed E-state index contributed by atoms with van der Waals surface area (Å²) >= 11 is 0. The van der Waals surface area contributed by atoms with Crippen molar-refractivity contribution in [2.75, 3.05) is 18.4 Å². The summed E-state index contributed by atoms with van der Waals surface area (Å²) in [5.41, 5.74) is 0.299. The average molecular weight is 414 g/mol. The molecular weight excluding hydrogens is 397 g/mol. The summed E-state index contributed by atoms with van der Waals surface area (Å²) in [6.45, 7) is 4.61. The molecule has 1 atom stereocenters. The summed E-state index contributed by atoms with van der Waals surface area (Å²) in [6.07, 6.45) is -0.0734. The number of carbonyl (C=O) groups is 1. The van der Waals surface area contributed by atoms with E-state index in [0.29, 0.717) is 35.5 Å². The fourth-order valence-corrected chi connectivity index (χ4v) is 3.38. The van der Waals surface area contributed by atoms with E-state index in [2.05, 4.69) is 32.1 Å². The number of pyridine rings is 2. The van der Waals surface area contributed by atoms with Gasteiger partial charge < -0.3 is 10.2 Å². The van der Waals surface area contributed by atoms with Gasteiger partial charge in [-0.05, 0) is 36.8 Å². The first-order valence-corrected chi connectivity index (χ1v) is 9.19. The molecule has 0 spiro atoms. The highest BCUT2D eigenvalue weighted by molar-refractivity contribution is 5.96. The first kappa shape index (κ1) is 19.7. The third-order valence-electron chi connectivity index (χ3n) is 4.89. The summed E-state index contributed by atoms with van der Waals surface area (Å²) in [5.74, 6) is 0.316. The summed E-state index contributed by atoms with van der Waals surface area (Å²) in [5, 5.41) is 12.3. The van der Waals surface area contributed by atoms with Crippen LogP contribution in [-0.4, -0.2) is 50.1 Å². The van der Waals surface area contributed by atoms with Crippen molar-refractivity contribution in [1.82, 2.24) is 25.1 Å². The lowest BCUT2D eigenvalue weighted by Crippen LogP contribution is -2.30. The number of rotatable bonds is 4. The van der Waals surface area contributed by atoms with Crippen LogP contribution in [0.15, 0.2) is 49.3 Å². The van der Waals surface area contributed by atoms with Crippen LogP contribution in [0.5, 0.6) is 0 Å². The van der Waals surface area contributed by atoms with Gasteiger partial charge in [-0.3, -0.25) is 14.8 Å². The van der Waals surface area contributed by atoms with Gasteiger partial charge in [0.15, 0.2) is 5.82 Å². The Bertz CT molecular complexity index is 1100. The lowest BCUT2D eigenvalue weighted by atomic mass is 10.1. The molecule has 3 aromatic heterocycles. The number of anilines is 1. The van der Waals surface area contributed by atoms with Crippen molar-refractivity contribution < 1.29 is 18.0 Å². The molecule has 1 unspecified atom stereocenters. The monoisotopic (exact) mass is 414 g/mol. The predicted octanol–water partition coefficient (Wildman–Crippen LogP) is 3.30. The smallest absolute Gasteiger partial charge is 0.362 e. The first-order chi connectivity index (χ1) is 14.4. The first-order valence-electron chi connectivity index (χ1n) is 9.19. The van der Waals surface area contributed by atoms with Gasteiger partial charge in [0.05, 0.1) is 11.3 Å².